The average Bonchev–Trinajstić information content (AvgIpc) is 3.35. The molecular formula is C31H27F6NO4S2. The Kier molecular flexibility index (Phi) is 9.89. The third-order valence-electron chi connectivity index (χ3n) is 6.74. The molecule has 0 bridgehead atoms. The summed E-state index contributed by atoms with van der Waals surface area (Å²) in [6, 6.07) is 15.5. The van der Waals surface area contributed by atoms with Crippen molar-refractivity contribution in [1.29, 1.82) is 0 Å². The lowest BCUT2D eigenvalue weighted by Crippen LogP contribution is -2.40. The number of aromatic nitrogens is 1. The molecule has 4 rings (SSSR count). The Balaban J connectivity index is 1.58. The summed E-state index contributed by atoms with van der Waals surface area (Å²) in [4.78, 5) is 18.1. The van der Waals surface area contributed by atoms with Gasteiger partial charge in [0.2, 0.25) is 5.60 Å². The molecule has 0 saturated heterocycles. The minimum atomic E-state index is -4.81. The molecule has 0 saturated carbocycles. The first-order valence-electron chi connectivity index (χ1n) is 13.2. The van der Waals surface area contributed by atoms with Crippen molar-refractivity contribution < 1.29 is 45.7 Å². The maximum Gasteiger partial charge on any atom is 0.573 e. The van der Waals surface area contributed by atoms with E-state index in [9.17, 15) is 36.2 Å². The lowest BCUT2D eigenvalue weighted by Gasteiger charge is -2.26. The van der Waals surface area contributed by atoms with Crippen LogP contribution in [0.5, 0.6) is 11.5 Å². The van der Waals surface area contributed by atoms with Crippen molar-refractivity contribution in [2.45, 2.75) is 62.4 Å². The van der Waals surface area contributed by atoms with E-state index < -0.39 is 29.7 Å². The number of aryl methyl sites for hydroxylation is 1. The van der Waals surface area contributed by atoms with E-state index in [0.717, 1.165) is 27.5 Å². The Morgan fingerprint density at radius 2 is 1.61 bits per heavy atom. The molecule has 0 aliphatic rings. The van der Waals surface area contributed by atoms with Gasteiger partial charge in [-0.2, -0.15) is 13.2 Å². The fraction of sp³-hybridized carbons (Fsp3) is 0.290. The normalized spacial score (nSPS) is 13.4. The van der Waals surface area contributed by atoms with E-state index in [1.54, 1.807) is 13.0 Å². The molecule has 1 atom stereocenters. The molecule has 0 aliphatic heterocycles. The molecule has 1 N–H and O–H groups in total. The molecule has 13 heteroatoms. The number of thioether (sulfide) groups is 1. The summed E-state index contributed by atoms with van der Waals surface area (Å²) in [7, 11) is 0. The topological polar surface area (TPSA) is 68.7 Å². The van der Waals surface area contributed by atoms with Crippen LogP contribution in [0, 0.1) is 6.92 Å². The van der Waals surface area contributed by atoms with Crippen LogP contribution in [-0.4, -0.2) is 28.0 Å². The highest BCUT2D eigenvalue weighted by Gasteiger charge is 2.34. The molecule has 234 valence electrons. The molecule has 44 heavy (non-hydrogen) atoms. The molecule has 1 aromatic heterocycles. The fourth-order valence-electron chi connectivity index (χ4n) is 4.05. The van der Waals surface area contributed by atoms with Crippen LogP contribution in [-0.2, 0) is 23.1 Å². The van der Waals surface area contributed by atoms with Gasteiger partial charge in [0.25, 0.3) is 0 Å². The van der Waals surface area contributed by atoms with E-state index in [-0.39, 0.29) is 18.6 Å². The number of carboxylic acids is 1. The number of rotatable bonds is 11. The summed E-state index contributed by atoms with van der Waals surface area (Å²) in [6.45, 7) is 5.04. The molecule has 5 nitrogen and oxygen atoms in total. The molecule has 1 heterocycles. The summed E-state index contributed by atoms with van der Waals surface area (Å²) in [5.41, 5.74) is 0.406. The molecule has 0 fully saturated rings. The number of nitrogens with zero attached hydrogens (tertiary/aromatic N) is 1. The highest BCUT2D eigenvalue weighted by molar-refractivity contribution is 7.98. The van der Waals surface area contributed by atoms with Crippen LogP contribution in [0.1, 0.15) is 47.5 Å². The van der Waals surface area contributed by atoms with Crippen molar-refractivity contribution in [3.8, 4) is 22.1 Å². The summed E-state index contributed by atoms with van der Waals surface area (Å²) in [5.74, 6) is -0.528. The maximum absolute atomic E-state index is 13.1. The van der Waals surface area contributed by atoms with E-state index in [2.05, 4.69) is 4.74 Å². The second-order valence-electron chi connectivity index (χ2n) is 10.0. The number of ether oxygens (including phenoxy) is 2. The van der Waals surface area contributed by atoms with Crippen LogP contribution in [0.4, 0.5) is 26.3 Å². The van der Waals surface area contributed by atoms with Gasteiger partial charge in [0.1, 0.15) is 16.5 Å². The van der Waals surface area contributed by atoms with E-state index in [4.69, 9.17) is 9.72 Å². The number of halogens is 6. The van der Waals surface area contributed by atoms with E-state index in [0.29, 0.717) is 33.3 Å². The first kappa shape index (κ1) is 33.2. The lowest BCUT2D eigenvalue weighted by atomic mass is 10.0. The fourth-order valence-corrected chi connectivity index (χ4v) is 6.23. The third-order valence-corrected chi connectivity index (χ3v) is 9.09. The van der Waals surface area contributed by atoms with Gasteiger partial charge in [-0.25, -0.2) is 9.78 Å². The standard InChI is InChI=1S/C31H27F6NO4S2/c1-4-29(3,28(39)40)42-25-14-13-23(15-18(25)2)43-17-26-24(16-19-5-11-22(12-6-19)41-31(35,36)37)38-27(44-26)20-7-9-21(10-8-20)30(32,33)34/h5-15H,4,16-17H2,1-3H3,(H,39,40). The number of thiazole rings is 1. The first-order chi connectivity index (χ1) is 20.6. The van der Waals surface area contributed by atoms with Gasteiger partial charge in [0, 0.05) is 27.5 Å². The highest BCUT2D eigenvalue weighted by atomic mass is 32.2. The first-order valence-corrected chi connectivity index (χ1v) is 15.0. The second-order valence-corrected chi connectivity index (χ2v) is 12.2. The second kappa shape index (κ2) is 13.1. The molecule has 0 amide bonds. The van der Waals surface area contributed by atoms with Crippen molar-refractivity contribution in [3.63, 3.8) is 0 Å². The van der Waals surface area contributed by atoms with Crippen molar-refractivity contribution in [2.75, 3.05) is 0 Å². The van der Waals surface area contributed by atoms with Gasteiger partial charge in [-0.3, -0.25) is 0 Å². The molecule has 0 radical (unpaired) electrons. The Morgan fingerprint density at radius 3 is 2.16 bits per heavy atom. The van der Waals surface area contributed by atoms with Gasteiger partial charge in [-0.05, 0) is 73.9 Å². The monoisotopic (exact) mass is 655 g/mol. The number of hydrogen-bond donors (Lipinski definition) is 1. The number of aliphatic carboxylic acids is 1. The van der Waals surface area contributed by atoms with Crippen LogP contribution in [0.3, 0.4) is 0 Å². The Hall–Kier alpha value is -3.71. The quantitative estimate of drug-likeness (QED) is 0.128. The van der Waals surface area contributed by atoms with Crippen molar-refractivity contribution in [3.05, 3.63) is 94.0 Å². The van der Waals surface area contributed by atoms with Crippen LogP contribution >= 0.6 is 23.1 Å². The van der Waals surface area contributed by atoms with Crippen molar-refractivity contribution >= 4 is 29.1 Å². The molecule has 0 aliphatic carbocycles. The van der Waals surface area contributed by atoms with Gasteiger partial charge < -0.3 is 14.6 Å². The third kappa shape index (κ3) is 8.47. The lowest BCUT2D eigenvalue weighted by molar-refractivity contribution is -0.274. The molecular weight excluding hydrogens is 628 g/mol. The number of carboxylic acid groups (broad SMARTS) is 1. The summed E-state index contributed by atoms with van der Waals surface area (Å²) < 4.78 is 86.7. The van der Waals surface area contributed by atoms with Gasteiger partial charge in [0.15, 0.2) is 0 Å². The molecule has 4 aromatic rings. The van der Waals surface area contributed by atoms with Gasteiger partial charge in [-0.15, -0.1) is 36.3 Å². The zero-order valence-electron chi connectivity index (χ0n) is 23.7. The minimum Gasteiger partial charge on any atom is -0.478 e. The van der Waals surface area contributed by atoms with Crippen LogP contribution < -0.4 is 9.47 Å². The summed E-state index contributed by atoms with van der Waals surface area (Å²) in [6.07, 6.45) is -8.74. The number of carbonyl (C=O) groups is 1. The predicted octanol–water partition coefficient (Wildman–Crippen LogP) is 9.55. The Morgan fingerprint density at radius 1 is 0.955 bits per heavy atom. The molecule has 1 unspecified atom stereocenters. The molecule has 0 spiro atoms. The van der Waals surface area contributed by atoms with Crippen molar-refractivity contribution in [2.24, 2.45) is 0 Å². The van der Waals surface area contributed by atoms with Gasteiger partial charge >= 0.3 is 18.5 Å². The number of benzene rings is 3. The Labute approximate surface area is 257 Å². The van der Waals surface area contributed by atoms with Crippen LogP contribution in [0.25, 0.3) is 10.6 Å². The van der Waals surface area contributed by atoms with E-state index in [1.165, 1.54) is 66.4 Å². The summed E-state index contributed by atoms with van der Waals surface area (Å²) in [5, 5.41) is 10.0. The zero-order chi connectivity index (χ0) is 32.3. The number of alkyl halides is 6. The number of hydrogen-bond acceptors (Lipinski definition) is 6. The molecule has 3 aromatic carbocycles. The maximum atomic E-state index is 13.1. The SMILES string of the molecule is CCC(C)(Oc1ccc(SCc2sc(-c3ccc(C(F)(F)F)cc3)nc2Cc2ccc(OC(F)(F)F)cc2)cc1C)C(=O)O. The van der Waals surface area contributed by atoms with E-state index >= 15 is 0 Å². The summed E-state index contributed by atoms with van der Waals surface area (Å²) >= 11 is 2.80. The minimum absolute atomic E-state index is 0.270. The van der Waals surface area contributed by atoms with Gasteiger partial charge in [0.05, 0.1) is 11.3 Å². The highest BCUT2D eigenvalue weighted by Crippen LogP contribution is 2.37. The predicted molar refractivity (Wildman–Crippen MR) is 156 cm³/mol. The van der Waals surface area contributed by atoms with Crippen LogP contribution in [0.15, 0.2) is 71.6 Å². The van der Waals surface area contributed by atoms with Crippen molar-refractivity contribution in [1.82, 2.24) is 4.98 Å². The average molecular weight is 656 g/mol. The van der Waals surface area contributed by atoms with Crippen LogP contribution in [0.2, 0.25) is 0 Å². The van der Waals surface area contributed by atoms with Gasteiger partial charge in [-0.1, -0.05) is 31.2 Å². The Bertz CT molecular complexity index is 1600. The zero-order valence-corrected chi connectivity index (χ0v) is 25.3. The largest absolute Gasteiger partial charge is 0.573 e. The van der Waals surface area contributed by atoms with E-state index in [1.807, 2.05) is 19.1 Å². The smallest absolute Gasteiger partial charge is 0.478 e.